The highest BCUT2D eigenvalue weighted by Crippen LogP contribution is 2.28. The van der Waals surface area contributed by atoms with Gasteiger partial charge in [0.25, 0.3) is 0 Å². The lowest BCUT2D eigenvalue weighted by molar-refractivity contribution is -0.139. The van der Waals surface area contributed by atoms with Gasteiger partial charge in [-0.2, -0.15) is 0 Å². The molecule has 0 bridgehead atoms. The fourth-order valence-corrected chi connectivity index (χ4v) is 3.59. The van der Waals surface area contributed by atoms with Crippen LogP contribution in [0.4, 0.5) is 0 Å². The average molecular weight is 380 g/mol. The molecule has 1 N–H and O–H groups in total. The Morgan fingerprint density at radius 2 is 1.79 bits per heavy atom. The molecule has 5 nitrogen and oxygen atoms in total. The predicted molar refractivity (Wildman–Crippen MR) is 109 cm³/mol. The molecule has 2 amide bonds. The summed E-state index contributed by atoms with van der Waals surface area (Å²) in [5, 5.41) is 3.01. The number of ether oxygens (including phenoxy) is 1. The molecule has 1 heterocycles. The number of benzene rings is 2. The van der Waals surface area contributed by atoms with Crippen molar-refractivity contribution in [1.29, 1.82) is 0 Å². The molecule has 5 heteroatoms. The highest BCUT2D eigenvalue weighted by Gasteiger charge is 2.34. The van der Waals surface area contributed by atoms with Gasteiger partial charge in [0.2, 0.25) is 11.8 Å². The SMILES string of the molecule is Cc1ccccc1Oc1ccccc1CNC(=O)C(C(C)C)N1CCCC1=O. The van der Waals surface area contributed by atoms with Crippen LogP contribution in [0.25, 0.3) is 0 Å². The van der Waals surface area contributed by atoms with Crippen molar-refractivity contribution in [2.24, 2.45) is 5.92 Å². The second kappa shape index (κ2) is 8.91. The quantitative estimate of drug-likeness (QED) is 0.788. The number of nitrogens with one attached hydrogen (secondary N) is 1. The van der Waals surface area contributed by atoms with Gasteiger partial charge in [-0.05, 0) is 37.0 Å². The standard InChI is InChI=1S/C23H28N2O3/c1-16(2)22(25-14-8-13-21(25)26)23(27)24-15-18-10-5-7-12-20(18)28-19-11-6-4-9-17(19)3/h4-7,9-12,16,22H,8,13-15H2,1-3H3,(H,24,27). The topological polar surface area (TPSA) is 58.6 Å². The summed E-state index contributed by atoms with van der Waals surface area (Å²) >= 11 is 0. The highest BCUT2D eigenvalue weighted by molar-refractivity contribution is 5.88. The maximum Gasteiger partial charge on any atom is 0.243 e. The zero-order chi connectivity index (χ0) is 20.1. The average Bonchev–Trinajstić information content (AvgIpc) is 3.08. The Morgan fingerprint density at radius 1 is 1.11 bits per heavy atom. The monoisotopic (exact) mass is 380 g/mol. The fourth-order valence-electron chi connectivity index (χ4n) is 3.59. The van der Waals surface area contributed by atoms with E-state index in [1.165, 1.54) is 0 Å². The van der Waals surface area contributed by atoms with Crippen molar-refractivity contribution in [2.45, 2.75) is 46.2 Å². The summed E-state index contributed by atoms with van der Waals surface area (Å²) in [5.74, 6) is 1.52. The van der Waals surface area contributed by atoms with Gasteiger partial charge in [-0.3, -0.25) is 9.59 Å². The number of para-hydroxylation sites is 2. The summed E-state index contributed by atoms with van der Waals surface area (Å²) in [4.78, 5) is 26.7. The van der Waals surface area contributed by atoms with Crippen LogP contribution in [0.2, 0.25) is 0 Å². The highest BCUT2D eigenvalue weighted by atomic mass is 16.5. The molecule has 1 atom stereocenters. The van der Waals surface area contributed by atoms with Crippen LogP contribution in [-0.2, 0) is 16.1 Å². The second-order valence-corrected chi connectivity index (χ2v) is 7.57. The van der Waals surface area contributed by atoms with Crippen LogP contribution in [0.1, 0.15) is 37.8 Å². The molecule has 0 saturated carbocycles. The first-order valence-electron chi connectivity index (χ1n) is 9.86. The molecule has 1 fully saturated rings. The molecule has 1 aliphatic heterocycles. The molecule has 1 aliphatic rings. The Labute approximate surface area is 166 Å². The molecule has 148 valence electrons. The number of rotatable bonds is 7. The molecule has 3 rings (SSSR count). The Hall–Kier alpha value is -2.82. The summed E-state index contributed by atoms with van der Waals surface area (Å²) in [5.41, 5.74) is 1.95. The van der Waals surface area contributed by atoms with Crippen LogP contribution in [0.3, 0.4) is 0 Å². The van der Waals surface area contributed by atoms with Crippen molar-refractivity contribution >= 4 is 11.8 Å². The first-order chi connectivity index (χ1) is 13.5. The number of carbonyl (C=O) groups excluding carboxylic acids is 2. The van der Waals surface area contributed by atoms with Crippen LogP contribution in [0.15, 0.2) is 48.5 Å². The van der Waals surface area contributed by atoms with Crippen molar-refractivity contribution < 1.29 is 14.3 Å². The molecular formula is C23H28N2O3. The zero-order valence-electron chi connectivity index (χ0n) is 16.8. The predicted octanol–water partition coefficient (Wildman–Crippen LogP) is 4.05. The third kappa shape index (κ3) is 4.53. The summed E-state index contributed by atoms with van der Waals surface area (Å²) in [7, 11) is 0. The first-order valence-corrected chi connectivity index (χ1v) is 9.86. The molecule has 0 aromatic heterocycles. The fraction of sp³-hybridized carbons (Fsp3) is 0.391. The number of nitrogens with zero attached hydrogens (tertiary/aromatic N) is 1. The van der Waals surface area contributed by atoms with Crippen molar-refractivity contribution in [2.75, 3.05) is 6.54 Å². The molecule has 0 spiro atoms. The summed E-state index contributed by atoms with van der Waals surface area (Å²) in [6, 6.07) is 15.1. The largest absolute Gasteiger partial charge is 0.457 e. The normalized spacial score (nSPS) is 15.0. The van der Waals surface area contributed by atoms with Gasteiger partial charge in [0.15, 0.2) is 0 Å². The van der Waals surface area contributed by atoms with Gasteiger partial charge < -0.3 is 15.0 Å². The van der Waals surface area contributed by atoms with E-state index in [-0.39, 0.29) is 17.7 Å². The molecular weight excluding hydrogens is 352 g/mol. The lowest BCUT2D eigenvalue weighted by Gasteiger charge is -2.30. The van der Waals surface area contributed by atoms with Gasteiger partial charge in [-0.15, -0.1) is 0 Å². The summed E-state index contributed by atoms with van der Waals surface area (Å²) in [6.07, 6.45) is 1.35. The Bertz CT molecular complexity index is 847. The maximum atomic E-state index is 12.9. The first kappa shape index (κ1) is 19.9. The Kier molecular flexibility index (Phi) is 6.34. The number of carbonyl (C=O) groups is 2. The Balaban J connectivity index is 1.71. The maximum absolute atomic E-state index is 12.9. The molecule has 2 aromatic carbocycles. The smallest absolute Gasteiger partial charge is 0.243 e. The lowest BCUT2D eigenvalue weighted by Crippen LogP contribution is -2.50. The second-order valence-electron chi connectivity index (χ2n) is 7.57. The van der Waals surface area contributed by atoms with Crippen molar-refractivity contribution in [3.63, 3.8) is 0 Å². The number of likely N-dealkylation sites (tertiary alicyclic amines) is 1. The van der Waals surface area contributed by atoms with Crippen LogP contribution in [-0.4, -0.2) is 29.3 Å². The van der Waals surface area contributed by atoms with E-state index in [0.29, 0.717) is 19.5 Å². The summed E-state index contributed by atoms with van der Waals surface area (Å²) in [6.45, 7) is 6.96. The van der Waals surface area contributed by atoms with Crippen molar-refractivity contribution in [1.82, 2.24) is 10.2 Å². The zero-order valence-corrected chi connectivity index (χ0v) is 16.8. The number of amides is 2. The van der Waals surface area contributed by atoms with Crippen LogP contribution in [0.5, 0.6) is 11.5 Å². The van der Waals surface area contributed by atoms with Gasteiger partial charge in [0.05, 0.1) is 0 Å². The molecule has 2 aromatic rings. The van der Waals surface area contributed by atoms with E-state index in [4.69, 9.17) is 4.74 Å². The van der Waals surface area contributed by atoms with E-state index >= 15 is 0 Å². The van der Waals surface area contributed by atoms with Gasteiger partial charge in [-0.1, -0.05) is 50.2 Å². The van der Waals surface area contributed by atoms with E-state index in [2.05, 4.69) is 5.32 Å². The van der Waals surface area contributed by atoms with Crippen molar-refractivity contribution in [3.8, 4) is 11.5 Å². The van der Waals surface area contributed by atoms with E-state index in [1.54, 1.807) is 4.90 Å². The lowest BCUT2D eigenvalue weighted by atomic mass is 10.0. The van der Waals surface area contributed by atoms with Gasteiger partial charge in [0.1, 0.15) is 17.5 Å². The van der Waals surface area contributed by atoms with Gasteiger partial charge >= 0.3 is 0 Å². The van der Waals surface area contributed by atoms with E-state index < -0.39 is 6.04 Å². The molecule has 1 unspecified atom stereocenters. The molecule has 1 saturated heterocycles. The van der Waals surface area contributed by atoms with Gasteiger partial charge in [0, 0.05) is 25.1 Å². The van der Waals surface area contributed by atoms with Gasteiger partial charge in [-0.25, -0.2) is 0 Å². The van der Waals surface area contributed by atoms with E-state index in [0.717, 1.165) is 29.0 Å². The summed E-state index contributed by atoms with van der Waals surface area (Å²) < 4.78 is 6.08. The number of hydrogen-bond donors (Lipinski definition) is 1. The Morgan fingerprint density at radius 3 is 2.43 bits per heavy atom. The molecule has 28 heavy (non-hydrogen) atoms. The number of hydrogen-bond acceptors (Lipinski definition) is 3. The minimum atomic E-state index is -0.431. The van der Waals surface area contributed by atoms with Crippen molar-refractivity contribution in [3.05, 3.63) is 59.7 Å². The third-order valence-electron chi connectivity index (χ3n) is 5.09. The molecule has 0 radical (unpaired) electrons. The van der Waals surface area contributed by atoms with E-state index in [9.17, 15) is 9.59 Å². The molecule has 0 aliphatic carbocycles. The van der Waals surface area contributed by atoms with Crippen LogP contribution >= 0.6 is 0 Å². The van der Waals surface area contributed by atoms with E-state index in [1.807, 2.05) is 69.3 Å². The minimum absolute atomic E-state index is 0.0560. The minimum Gasteiger partial charge on any atom is -0.457 e. The van der Waals surface area contributed by atoms with Crippen LogP contribution < -0.4 is 10.1 Å². The number of aryl methyl sites for hydroxylation is 1. The van der Waals surface area contributed by atoms with Crippen LogP contribution in [0, 0.1) is 12.8 Å². The third-order valence-corrected chi connectivity index (χ3v) is 5.09.